The lowest BCUT2D eigenvalue weighted by Gasteiger charge is -2.30. The standard InChI is InChI=1S/C19H21NO4/c1-14-9-5-8-12-17(14)24-19(2,18(21)22-3)16-11-7-6-10-15(16)13-20-23-4/h5-13H,1-4H3. The van der Waals surface area contributed by atoms with Crippen LogP contribution in [-0.2, 0) is 20.0 Å². The summed E-state index contributed by atoms with van der Waals surface area (Å²) < 4.78 is 11.1. The third kappa shape index (κ3) is 3.56. The zero-order valence-corrected chi connectivity index (χ0v) is 14.3. The molecule has 2 aromatic rings. The van der Waals surface area contributed by atoms with Crippen molar-refractivity contribution in [1.82, 2.24) is 0 Å². The van der Waals surface area contributed by atoms with Crippen molar-refractivity contribution < 1.29 is 19.1 Å². The first-order valence-corrected chi connectivity index (χ1v) is 7.52. The van der Waals surface area contributed by atoms with E-state index in [1.165, 1.54) is 20.4 Å². The SMILES string of the molecule is CON=Cc1ccccc1C(C)(Oc1ccccc1C)C(=O)OC. The molecule has 0 bridgehead atoms. The number of hydrogen-bond donors (Lipinski definition) is 0. The summed E-state index contributed by atoms with van der Waals surface area (Å²) in [6.45, 7) is 3.61. The first-order valence-electron chi connectivity index (χ1n) is 7.52. The molecule has 0 aromatic heterocycles. The van der Waals surface area contributed by atoms with Crippen LogP contribution >= 0.6 is 0 Å². The average molecular weight is 327 g/mol. The second kappa shape index (κ2) is 7.64. The lowest BCUT2D eigenvalue weighted by molar-refractivity contribution is -0.158. The van der Waals surface area contributed by atoms with Gasteiger partial charge in [-0.15, -0.1) is 0 Å². The van der Waals surface area contributed by atoms with E-state index in [4.69, 9.17) is 14.3 Å². The highest BCUT2D eigenvalue weighted by atomic mass is 16.6. The van der Waals surface area contributed by atoms with Gasteiger partial charge < -0.3 is 14.3 Å². The average Bonchev–Trinajstić information content (AvgIpc) is 2.61. The molecule has 2 rings (SSSR count). The van der Waals surface area contributed by atoms with Crippen LogP contribution in [0.2, 0.25) is 0 Å². The third-order valence-corrected chi connectivity index (χ3v) is 3.75. The molecule has 1 atom stereocenters. The van der Waals surface area contributed by atoms with Crippen LogP contribution in [0.3, 0.4) is 0 Å². The zero-order chi connectivity index (χ0) is 17.6. The van der Waals surface area contributed by atoms with E-state index in [1.54, 1.807) is 6.92 Å². The van der Waals surface area contributed by atoms with Gasteiger partial charge in [-0.3, -0.25) is 0 Å². The molecule has 5 heteroatoms. The summed E-state index contributed by atoms with van der Waals surface area (Å²) in [7, 11) is 2.80. The van der Waals surface area contributed by atoms with Gasteiger partial charge in [0, 0.05) is 11.1 Å². The zero-order valence-electron chi connectivity index (χ0n) is 14.3. The number of carbonyl (C=O) groups is 1. The maximum Gasteiger partial charge on any atom is 0.354 e. The summed E-state index contributed by atoms with van der Waals surface area (Å²) in [4.78, 5) is 17.3. The molecule has 0 saturated heterocycles. The summed E-state index contributed by atoms with van der Waals surface area (Å²) in [6.07, 6.45) is 1.54. The monoisotopic (exact) mass is 327 g/mol. The molecule has 0 fully saturated rings. The van der Waals surface area contributed by atoms with Crippen molar-refractivity contribution in [3.8, 4) is 5.75 Å². The van der Waals surface area contributed by atoms with Crippen molar-refractivity contribution in [3.05, 3.63) is 65.2 Å². The smallest absolute Gasteiger partial charge is 0.354 e. The van der Waals surface area contributed by atoms with E-state index in [2.05, 4.69) is 5.16 Å². The Morgan fingerprint density at radius 3 is 2.42 bits per heavy atom. The largest absolute Gasteiger partial charge is 0.471 e. The lowest BCUT2D eigenvalue weighted by Crippen LogP contribution is -2.40. The van der Waals surface area contributed by atoms with E-state index < -0.39 is 11.6 Å². The molecule has 2 aromatic carbocycles. The summed E-state index contributed by atoms with van der Waals surface area (Å²) in [5.41, 5.74) is 0.953. The minimum atomic E-state index is -1.32. The Morgan fingerprint density at radius 2 is 1.75 bits per heavy atom. The van der Waals surface area contributed by atoms with Crippen molar-refractivity contribution in [3.63, 3.8) is 0 Å². The van der Waals surface area contributed by atoms with Crippen LogP contribution in [0.1, 0.15) is 23.6 Å². The minimum Gasteiger partial charge on any atom is -0.471 e. The minimum absolute atomic E-state index is 0.496. The molecule has 0 spiro atoms. The molecule has 0 N–H and O–H groups in total. The number of para-hydroxylation sites is 1. The van der Waals surface area contributed by atoms with Gasteiger partial charge in [-0.1, -0.05) is 47.6 Å². The number of hydrogen-bond acceptors (Lipinski definition) is 5. The van der Waals surface area contributed by atoms with Crippen molar-refractivity contribution in [1.29, 1.82) is 0 Å². The molecule has 0 amide bonds. The highest BCUT2D eigenvalue weighted by Crippen LogP contribution is 2.32. The Bertz CT molecular complexity index is 742. The van der Waals surface area contributed by atoms with E-state index in [-0.39, 0.29) is 0 Å². The summed E-state index contributed by atoms with van der Waals surface area (Å²) in [5.74, 6) is 0.118. The number of oxime groups is 1. The van der Waals surface area contributed by atoms with Gasteiger partial charge in [0.05, 0.1) is 13.3 Å². The fourth-order valence-electron chi connectivity index (χ4n) is 2.45. The van der Waals surface area contributed by atoms with Gasteiger partial charge in [-0.05, 0) is 25.5 Å². The van der Waals surface area contributed by atoms with Crippen LogP contribution < -0.4 is 4.74 Å². The third-order valence-electron chi connectivity index (χ3n) is 3.75. The topological polar surface area (TPSA) is 57.1 Å². The van der Waals surface area contributed by atoms with Gasteiger partial charge in [0.1, 0.15) is 12.9 Å². The van der Waals surface area contributed by atoms with E-state index in [1.807, 2.05) is 55.5 Å². The second-order valence-electron chi connectivity index (χ2n) is 5.40. The molecular formula is C19H21NO4. The predicted octanol–water partition coefficient (Wildman–Crippen LogP) is 3.44. The molecule has 0 heterocycles. The van der Waals surface area contributed by atoms with Crippen LogP contribution in [0.4, 0.5) is 0 Å². The van der Waals surface area contributed by atoms with Gasteiger partial charge in [0.2, 0.25) is 5.60 Å². The normalized spacial score (nSPS) is 13.3. The van der Waals surface area contributed by atoms with Gasteiger partial charge in [0.15, 0.2) is 0 Å². The van der Waals surface area contributed by atoms with Gasteiger partial charge in [-0.2, -0.15) is 0 Å². The predicted molar refractivity (Wildman–Crippen MR) is 92.2 cm³/mol. The maximum atomic E-state index is 12.6. The second-order valence-corrected chi connectivity index (χ2v) is 5.40. The quantitative estimate of drug-likeness (QED) is 0.463. The van der Waals surface area contributed by atoms with Crippen LogP contribution in [-0.4, -0.2) is 26.4 Å². The molecule has 0 aliphatic rings. The molecule has 0 radical (unpaired) electrons. The van der Waals surface area contributed by atoms with Crippen molar-refractivity contribution in [2.45, 2.75) is 19.4 Å². The van der Waals surface area contributed by atoms with E-state index in [9.17, 15) is 4.79 Å². The van der Waals surface area contributed by atoms with Crippen LogP contribution in [0.25, 0.3) is 0 Å². The van der Waals surface area contributed by atoms with Crippen LogP contribution in [0.15, 0.2) is 53.7 Å². The highest BCUT2D eigenvalue weighted by molar-refractivity contribution is 5.88. The molecule has 0 saturated carbocycles. The Labute approximate surface area is 141 Å². The molecule has 0 aliphatic heterocycles. The molecule has 5 nitrogen and oxygen atoms in total. The molecule has 24 heavy (non-hydrogen) atoms. The van der Waals surface area contributed by atoms with E-state index in [0.717, 1.165) is 5.56 Å². The maximum absolute atomic E-state index is 12.6. The lowest BCUT2D eigenvalue weighted by atomic mass is 9.91. The van der Waals surface area contributed by atoms with Gasteiger partial charge >= 0.3 is 5.97 Å². The number of aryl methyl sites for hydroxylation is 1. The number of esters is 1. The van der Waals surface area contributed by atoms with Crippen molar-refractivity contribution in [2.24, 2.45) is 5.16 Å². The molecule has 1 unspecified atom stereocenters. The Balaban J connectivity index is 2.55. The Kier molecular flexibility index (Phi) is 5.58. The summed E-state index contributed by atoms with van der Waals surface area (Å²) in [6, 6.07) is 14.9. The summed E-state index contributed by atoms with van der Waals surface area (Å²) >= 11 is 0. The molecular weight excluding hydrogens is 306 g/mol. The number of benzene rings is 2. The van der Waals surface area contributed by atoms with Gasteiger partial charge in [0.25, 0.3) is 0 Å². The first kappa shape index (κ1) is 17.5. The Morgan fingerprint density at radius 1 is 1.08 bits per heavy atom. The summed E-state index contributed by atoms with van der Waals surface area (Å²) in [5, 5.41) is 3.79. The fraction of sp³-hybridized carbons (Fsp3) is 0.263. The van der Waals surface area contributed by atoms with Crippen LogP contribution in [0.5, 0.6) is 5.75 Å². The number of ether oxygens (including phenoxy) is 2. The first-order chi connectivity index (χ1) is 11.5. The van der Waals surface area contributed by atoms with E-state index in [0.29, 0.717) is 16.9 Å². The number of methoxy groups -OCH3 is 1. The van der Waals surface area contributed by atoms with Crippen LogP contribution in [0, 0.1) is 6.92 Å². The van der Waals surface area contributed by atoms with Crippen molar-refractivity contribution in [2.75, 3.05) is 14.2 Å². The molecule has 126 valence electrons. The number of carbonyl (C=O) groups excluding carboxylic acids is 1. The number of nitrogens with zero attached hydrogens (tertiary/aromatic N) is 1. The van der Waals surface area contributed by atoms with Gasteiger partial charge in [-0.25, -0.2) is 4.79 Å². The van der Waals surface area contributed by atoms with E-state index >= 15 is 0 Å². The molecule has 0 aliphatic carbocycles. The Hall–Kier alpha value is -2.82. The van der Waals surface area contributed by atoms with Crippen molar-refractivity contribution >= 4 is 12.2 Å². The highest BCUT2D eigenvalue weighted by Gasteiger charge is 2.41. The fourth-order valence-corrected chi connectivity index (χ4v) is 2.45. The number of rotatable bonds is 6.